The van der Waals surface area contributed by atoms with Gasteiger partial charge in [-0.05, 0) is 48.6 Å². The summed E-state index contributed by atoms with van der Waals surface area (Å²) in [6, 6.07) is 8.25. The van der Waals surface area contributed by atoms with Gasteiger partial charge in [0, 0.05) is 5.69 Å². The molecule has 0 N–H and O–H groups in total. The van der Waals surface area contributed by atoms with E-state index in [1.54, 1.807) is 6.07 Å². The molecule has 0 bridgehead atoms. The van der Waals surface area contributed by atoms with Crippen LogP contribution >= 0.6 is 11.6 Å². The molecule has 2 nitrogen and oxygen atoms in total. The zero-order valence-electron chi connectivity index (χ0n) is 10.3. The van der Waals surface area contributed by atoms with Gasteiger partial charge in [0.25, 0.3) is 0 Å². The number of benzene rings is 1. The molecule has 0 radical (unpaired) electrons. The van der Waals surface area contributed by atoms with E-state index in [0.717, 1.165) is 30.5 Å². The van der Waals surface area contributed by atoms with Crippen LogP contribution in [0, 0.1) is 5.82 Å². The van der Waals surface area contributed by atoms with Crippen molar-refractivity contribution in [2.45, 2.75) is 25.9 Å². The van der Waals surface area contributed by atoms with Crippen molar-refractivity contribution >= 4 is 11.6 Å². The molecular formula is C15H13ClFNO. The summed E-state index contributed by atoms with van der Waals surface area (Å²) in [5.41, 5.74) is 3.04. The first-order valence-electron chi connectivity index (χ1n) is 6.28. The smallest absolute Gasteiger partial charge is 0.233 e. The van der Waals surface area contributed by atoms with Crippen molar-refractivity contribution in [1.29, 1.82) is 0 Å². The van der Waals surface area contributed by atoms with Gasteiger partial charge in [0.15, 0.2) is 0 Å². The normalized spacial score (nSPS) is 13.4. The average molecular weight is 278 g/mol. The number of aryl methyl sites for hydroxylation is 2. The lowest BCUT2D eigenvalue weighted by atomic mass is 10.2. The van der Waals surface area contributed by atoms with E-state index >= 15 is 0 Å². The molecule has 19 heavy (non-hydrogen) atoms. The van der Waals surface area contributed by atoms with Crippen LogP contribution in [-0.2, 0) is 19.4 Å². The first-order chi connectivity index (χ1) is 9.22. The molecule has 0 unspecified atom stereocenters. The number of halogens is 2. The fraction of sp³-hybridized carbons (Fsp3) is 0.267. The maximum absolute atomic E-state index is 13.1. The minimum atomic E-state index is -0.269. The Morgan fingerprint density at radius 1 is 1.26 bits per heavy atom. The molecule has 1 aromatic carbocycles. The van der Waals surface area contributed by atoms with E-state index in [-0.39, 0.29) is 12.4 Å². The number of fused-ring (bicyclic) bond motifs is 1. The fourth-order valence-electron chi connectivity index (χ4n) is 2.30. The van der Waals surface area contributed by atoms with E-state index in [9.17, 15) is 4.39 Å². The van der Waals surface area contributed by atoms with Crippen LogP contribution in [0.4, 0.5) is 4.39 Å². The zero-order chi connectivity index (χ0) is 13.2. The molecule has 0 aliphatic heterocycles. The third kappa shape index (κ3) is 2.71. The van der Waals surface area contributed by atoms with Gasteiger partial charge in [0.2, 0.25) is 5.88 Å². The van der Waals surface area contributed by atoms with E-state index in [1.807, 2.05) is 12.1 Å². The second-order valence-electron chi connectivity index (χ2n) is 4.65. The molecule has 0 saturated heterocycles. The van der Waals surface area contributed by atoms with Crippen LogP contribution < -0.4 is 4.74 Å². The highest BCUT2D eigenvalue weighted by Crippen LogP contribution is 2.30. The minimum absolute atomic E-state index is 0.267. The van der Waals surface area contributed by atoms with Gasteiger partial charge < -0.3 is 4.74 Å². The second kappa shape index (κ2) is 5.17. The highest BCUT2D eigenvalue weighted by atomic mass is 35.5. The quantitative estimate of drug-likeness (QED) is 0.848. The monoisotopic (exact) mass is 277 g/mol. The van der Waals surface area contributed by atoms with E-state index in [1.165, 1.54) is 17.7 Å². The number of rotatable bonds is 3. The van der Waals surface area contributed by atoms with Crippen molar-refractivity contribution in [3.05, 3.63) is 58.0 Å². The Kier molecular flexibility index (Phi) is 3.38. The third-order valence-electron chi connectivity index (χ3n) is 3.24. The number of nitrogens with zero attached hydrogens (tertiary/aromatic N) is 1. The van der Waals surface area contributed by atoms with Crippen molar-refractivity contribution in [2.24, 2.45) is 0 Å². The van der Waals surface area contributed by atoms with Crippen molar-refractivity contribution in [1.82, 2.24) is 4.98 Å². The fourth-order valence-corrected chi connectivity index (χ4v) is 2.53. The van der Waals surface area contributed by atoms with Gasteiger partial charge in [-0.1, -0.05) is 23.7 Å². The SMILES string of the molecule is Fc1cccc(COc2nc3c(cc2Cl)CCC3)c1. The highest BCUT2D eigenvalue weighted by molar-refractivity contribution is 6.31. The third-order valence-corrected chi connectivity index (χ3v) is 3.51. The highest BCUT2D eigenvalue weighted by Gasteiger charge is 2.16. The van der Waals surface area contributed by atoms with Crippen LogP contribution in [0.15, 0.2) is 30.3 Å². The van der Waals surface area contributed by atoms with E-state index in [4.69, 9.17) is 16.3 Å². The van der Waals surface area contributed by atoms with Gasteiger partial charge in [0.05, 0.1) is 0 Å². The van der Waals surface area contributed by atoms with Crippen molar-refractivity contribution in [2.75, 3.05) is 0 Å². The molecule has 0 saturated carbocycles. The van der Waals surface area contributed by atoms with Gasteiger partial charge >= 0.3 is 0 Å². The summed E-state index contributed by atoms with van der Waals surface area (Å²) in [7, 11) is 0. The topological polar surface area (TPSA) is 22.1 Å². The predicted octanol–water partition coefficient (Wildman–Crippen LogP) is 3.94. The first kappa shape index (κ1) is 12.4. The summed E-state index contributed by atoms with van der Waals surface area (Å²) in [4.78, 5) is 4.44. The average Bonchev–Trinajstić information content (AvgIpc) is 2.83. The second-order valence-corrected chi connectivity index (χ2v) is 5.06. The molecule has 98 valence electrons. The Bertz CT molecular complexity index is 615. The summed E-state index contributed by atoms with van der Waals surface area (Å²) < 4.78 is 18.6. The molecule has 0 spiro atoms. The molecule has 3 rings (SSSR count). The van der Waals surface area contributed by atoms with Gasteiger partial charge in [-0.3, -0.25) is 0 Å². The van der Waals surface area contributed by atoms with Crippen LogP contribution in [0.1, 0.15) is 23.2 Å². The molecule has 2 aromatic rings. The standard InChI is InChI=1S/C15H13ClFNO/c16-13-8-11-4-2-6-14(11)18-15(13)19-9-10-3-1-5-12(17)7-10/h1,3,5,7-8H,2,4,6,9H2. The lowest BCUT2D eigenvalue weighted by Crippen LogP contribution is -2.00. The first-order valence-corrected chi connectivity index (χ1v) is 6.66. The molecule has 1 aromatic heterocycles. The molecule has 0 atom stereocenters. The Morgan fingerprint density at radius 3 is 3.00 bits per heavy atom. The van der Waals surface area contributed by atoms with Crippen LogP contribution in [0.25, 0.3) is 0 Å². The van der Waals surface area contributed by atoms with Gasteiger partial charge in [-0.2, -0.15) is 0 Å². The summed E-state index contributed by atoms with van der Waals surface area (Å²) >= 11 is 6.14. The zero-order valence-corrected chi connectivity index (χ0v) is 11.1. The summed E-state index contributed by atoms with van der Waals surface area (Å²) in [5, 5.41) is 0.525. The molecular weight excluding hydrogens is 265 g/mol. The van der Waals surface area contributed by atoms with Crippen molar-refractivity contribution in [3.8, 4) is 5.88 Å². The number of hydrogen-bond acceptors (Lipinski definition) is 2. The lowest BCUT2D eigenvalue weighted by molar-refractivity contribution is 0.292. The van der Waals surface area contributed by atoms with Crippen LogP contribution in [0.2, 0.25) is 5.02 Å². The van der Waals surface area contributed by atoms with Crippen molar-refractivity contribution in [3.63, 3.8) is 0 Å². The number of ether oxygens (including phenoxy) is 1. The Balaban J connectivity index is 1.77. The van der Waals surface area contributed by atoms with Gasteiger partial charge in [0.1, 0.15) is 17.4 Å². The van der Waals surface area contributed by atoms with Crippen LogP contribution in [0.3, 0.4) is 0 Å². The van der Waals surface area contributed by atoms with Gasteiger partial charge in [-0.25, -0.2) is 9.37 Å². The minimum Gasteiger partial charge on any atom is -0.472 e. The molecule has 4 heteroatoms. The predicted molar refractivity (Wildman–Crippen MR) is 72.0 cm³/mol. The molecule has 0 amide bonds. The summed E-state index contributed by atoms with van der Waals surface area (Å²) in [5.74, 6) is 0.167. The number of aromatic nitrogens is 1. The van der Waals surface area contributed by atoms with Crippen LogP contribution in [0.5, 0.6) is 5.88 Å². The van der Waals surface area contributed by atoms with E-state index in [0.29, 0.717) is 10.9 Å². The number of pyridine rings is 1. The van der Waals surface area contributed by atoms with Gasteiger partial charge in [-0.15, -0.1) is 0 Å². The molecule has 1 heterocycles. The largest absolute Gasteiger partial charge is 0.472 e. The molecule has 1 aliphatic carbocycles. The van der Waals surface area contributed by atoms with E-state index < -0.39 is 0 Å². The molecule has 0 fully saturated rings. The Labute approximate surface area is 116 Å². The summed E-state index contributed by atoms with van der Waals surface area (Å²) in [6.07, 6.45) is 3.13. The van der Waals surface area contributed by atoms with Crippen molar-refractivity contribution < 1.29 is 9.13 Å². The number of hydrogen-bond donors (Lipinski definition) is 0. The Hall–Kier alpha value is -1.61. The van der Waals surface area contributed by atoms with E-state index in [2.05, 4.69) is 4.98 Å². The molecule has 1 aliphatic rings. The Morgan fingerprint density at radius 2 is 2.16 bits per heavy atom. The maximum Gasteiger partial charge on any atom is 0.233 e. The maximum atomic E-state index is 13.1. The lowest BCUT2D eigenvalue weighted by Gasteiger charge is -2.09. The van der Waals surface area contributed by atoms with Crippen LogP contribution in [-0.4, -0.2) is 4.98 Å². The summed E-state index contributed by atoms with van der Waals surface area (Å²) in [6.45, 7) is 0.267.